The molecule has 1 atom stereocenters. The first-order chi connectivity index (χ1) is 12.0. The molecule has 3 rings (SSSR count). The summed E-state index contributed by atoms with van der Waals surface area (Å²) in [5.41, 5.74) is 0.562. The third-order valence-corrected chi connectivity index (χ3v) is 4.98. The van der Waals surface area contributed by atoms with Crippen LogP contribution < -0.4 is 14.8 Å². The molecule has 0 fully saturated rings. The Morgan fingerprint density at radius 1 is 1.24 bits per heavy atom. The van der Waals surface area contributed by atoms with E-state index in [4.69, 9.17) is 9.47 Å². The van der Waals surface area contributed by atoms with Crippen molar-refractivity contribution in [3.63, 3.8) is 0 Å². The highest BCUT2D eigenvalue weighted by Crippen LogP contribution is 2.35. The van der Waals surface area contributed by atoms with Gasteiger partial charge in [-0.2, -0.15) is 0 Å². The van der Waals surface area contributed by atoms with Crippen molar-refractivity contribution >= 4 is 21.8 Å². The Labute approximate surface area is 155 Å². The predicted octanol–water partition coefficient (Wildman–Crippen LogP) is 3.13. The average molecular weight is 406 g/mol. The number of amides is 1. The van der Waals surface area contributed by atoms with Gasteiger partial charge in [-0.05, 0) is 42.7 Å². The Morgan fingerprint density at radius 2 is 2.00 bits per heavy atom. The third-order valence-electron chi connectivity index (χ3n) is 4.20. The van der Waals surface area contributed by atoms with Crippen molar-refractivity contribution in [2.75, 3.05) is 13.3 Å². The average Bonchev–Trinajstić information content (AvgIpc) is 3.07. The van der Waals surface area contributed by atoms with Crippen LogP contribution in [0, 0.1) is 0 Å². The molecule has 0 unspecified atom stereocenters. The highest BCUT2D eigenvalue weighted by molar-refractivity contribution is 9.10. The van der Waals surface area contributed by atoms with Gasteiger partial charge in [-0.3, -0.25) is 4.79 Å². The van der Waals surface area contributed by atoms with Crippen molar-refractivity contribution < 1.29 is 19.4 Å². The second-order valence-electron chi connectivity index (χ2n) is 6.21. The molecule has 25 heavy (non-hydrogen) atoms. The van der Waals surface area contributed by atoms with Gasteiger partial charge < -0.3 is 19.9 Å². The number of hydrogen-bond donors (Lipinski definition) is 2. The SMILES string of the molecule is C[C@@](O)(CNC(=O)CCc1ccccc1Br)c1ccc2c(c1)OCO2. The topological polar surface area (TPSA) is 67.8 Å². The number of rotatable bonds is 6. The van der Waals surface area contributed by atoms with E-state index in [9.17, 15) is 9.90 Å². The number of aliphatic hydroxyl groups is 1. The first-order valence-corrected chi connectivity index (χ1v) is 8.87. The number of ether oxygens (including phenoxy) is 2. The number of fused-ring (bicyclic) bond motifs is 1. The molecule has 0 saturated carbocycles. The molecular formula is C19H20BrNO4. The maximum absolute atomic E-state index is 12.1. The van der Waals surface area contributed by atoms with Crippen LogP contribution in [0.15, 0.2) is 46.9 Å². The number of aryl methyl sites for hydroxylation is 1. The molecular weight excluding hydrogens is 386 g/mol. The van der Waals surface area contributed by atoms with Crippen LogP contribution in [0.3, 0.4) is 0 Å². The molecule has 1 aliphatic rings. The van der Waals surface area contributed by atoms with Crippen molar-refractivity contribution in [1.29, 1.82) is 0 Å². The van der Waals surface area contributed by atoms with Crippen LogP contribution in [0.2, 0.25) is 0 Å². The van der Waals surface area contributed by atoms with Crippen molar-refractivity contribution in [2.24, 2.45) is 0 Å². The zero-order valence-electron chi connectivity index (χ0n) is 13.9. The van der Waals surface area contributed by atoms with Crippen LogP contribution in [0.5, 0.6) is 11.5 Å². The highest BCUT2D eigenvalue weighted by atomic mass is 79.9. The van der Waals surface area contributed by atoms with Crippen molar-refractivity contribution in [2.45, 2.75) is 25.4 Å². The van der Waals surface area contributed by atoms with Gasteiger partial charge in [0.2, 0.25) is 12.7 Å². The quantitative estimate of drug-likeness (QED) is 0.774. The Kier molecular flexibility index (Phi) is 5.30. The smallest absolute Gasteiger partial charge is 0.231 e. The summed E-state index contributed by atoms with van der Waals surface area (Å²) < 4.78 is 11.6. The normalized spacial score (nSPS) is 14.8. The molecule has 132 valence electrons. The molecule has 6 heteroatoms. The Morgan fingerprint density at radius 3 is 2.80 bits per heavy atom. The van der Waals surface area contributed by atoms with E-state index in [-0.39, 0.29) is 19.2 Å². The molecule has 0 spiro atoms. The van der Waals surface area contributed by atoms with Gasteiger partial charge >= 0.3 is 0 Å². The van der Waals surface area contributed by atoms with Crippen molar-refractivity contribution in [1.82, 2.24) is 5.32 Å². The monoisotopic (exact) mass is 405 g/mol. The first kappa shape index (κ1) is 17.8. The van der Waals surface area contributed by atoms with Gasteiger partial charge in [0.25, 0.3) is 0 Å². The second-order valence-corrected chi connectivity index (χ2v) is 7.06. The zero-order chi connectivity index (χ0) is 17.9. The van der Waals surface area contributed by atoms with E-state index in [2.05, 4.69) is 21.2 Å². The molecule has 2 aromatic carbocycles. The van der Waals surface area contributed by atoms with Gasteiger partial charge in [0.1, 0.15) is 5.60 Å². The number of hydrogen-bond acceptors (Lipinski definition) is 4. The lowest BCUT2D eigenvalue weighted by atomic mass is 9.95. The molecule has 2 aromatic rings. The molecule has 1 amide bonds. The lowest BCUT2D eigenvalue weighted by Gasteiger charge is -2.24. The van der Waals surface area contributed by atoms with Crippen LogP contribution in [-0.2, 0) is 16.8 Å². The molecule has 0 aromatic heterocycles. The summed E-state index contributed by atoms with van der Waals surface area (Å²) in [4.78, 5) is 12.1. The van der Waals surface area contributed by atoms with Gasteiger partial charge in [-0.25, -0.2) is 0 Å². The van der Waals surface area contributed by atoms with Gasteiger partial charge in [0.15, 0.2) is 11.5 Å². The van der Waals surface area contributed by atoms with Gasteiger partial charge in [-0.1, -0.05) is 40.2 Å². The first-order valence-electron chi connectivity index (χ1n) is 8.08. The maximum atomic E-state index is 12.1. The minimum absolute atomic E-state index is 0.100. The van der Waals surface area contributed by atoms with Crippen LogP contribution in [-0.4, -0.2) is 24.4 Å². The van der Waals surface area contributed by atoms with E-state index < -0.39 is 5.60 Å². The number of carbonyl (C=O) groups is 1. The fourth-order valence-corrected chi connectivity index (χ4v) is 3.13. The summed E-state index contributed by atoms with van der Waals surface area (Å²) >= 11 is 3.48. The Hall–Kier alpha value is -2.05. The number of carbonyl (C=O) groups excluding carboxylic acids is 1. The number of halogens is 1. The second kappa shape index (κ2) is 7.45. The van der Waals surface area contributed by atoms with Gasteiger partial charge in [0.05, 0.1) is 6.54 Å². The molecule has 1 heterocycles. The fourth-order valence-electron chi connectivity index (χ4n) is 2.64. The van der Waals surface area contributed by atoms with Crippen LogP contribution in [0.25, 0.3) is 0 Å². The van der Waals surface area contributed by atoms with Gasteiger partial charge in [-0.15, -0.1) is 0 Å². The van der Waals surface area contributed by atoms with E-state index in [0.717, 1.165) is 10.0 Å². The summed E-state index contributed by atoms with van der Waals surface area (Å²) in [5, 5.41) is 13.5. The van der Waals surface area contributed by atoms with Crippen molar-refractivity contribution in [3.05, 3.63) is 58.1 Å². The van der Waals surface area contributed by atoms with E-state index in [1.807, 2.05) is 24.3 Å². The molecule has 5 nitrogen and oxygen atoms in total. The molecule has 0 aliphatic carbocycles. The third kappa shape index (κ3) is 4.32. The van der Waals surface area contributed by atoms with E-state index in [1.165, 1.54) is 0 Å². The molecule has 2 N–H and O–H groups in total. The fraction of sp³-hybridized carbons (Fsp3) is 0.316. The van der Waals surface area contributed by atoms with Crippen molar-refractivity contribution in [3.8, 4) is 11.5 Å². The summed E-state index contributed by atoms with van der Waals surface area (Å²) in [5.74, 6) is 1.17. The number of nitrogens with one attached hydrogen (secondary N) is 1. The predicted molar refractivity (Wildman–Crippen MR) is 97.6 cm³/mol. The molecule has 0 bridgehead atoms. The molecule has 0 radical (unpaired) electrons. The molecule has 1 aliphatic heterocycles. The van der Waals surface area contributed by atoms with Gasteiger partial charge in [0, 0.05) is 10.9 Å². The summed E-state index contributed by atoms with van der Waals surface area (Å²) in [7, 11) is 0. The molecule has 0 saturated heterocycles. The Balaban J connectivity index is 1.54. The van der Waals surface area contributed by atoms with Crippen LogP contribution in [0.1, 0.15) is 24.5 Å². The Bertz CT molecular complexity index is 776. The minimum Gasteiger partial charge on any atom is -0.454 e. The largest absolute Gasteiger partial charge is 0.454 e. The maximum Gasteiger partial charge on any atom is 0.231 e. The summed E-state index contributed by atoms with van der Waals surface area (Å²) in [6.45, 7) is 1.98. The van der Waals surface area contributed by atoms with E-state index in [1.54, 1.807) is 25.1 Å². The summed E-state index contributed by atoms with van der Waals surface area (Å²) in [6.07, 6.45) is 0.999. The lowest BCUT2D eigenvalue weighted by Crippen LogP contribution is -2.38. The number of benzene rings is 2. The highest BCUT2D eigenvalue weighted by Gasteiger charge is 2.26. The van der Waals surface area contributed by atoms with E-state index >= 15 is 0 Å². The van der Waals surface area contributed by atoms with Crippen LogP contribution >= 0.6 is 15.9 Å². The van der Waals surface area contributed by atoms with Crippen LogP contribution in [0.4, 0.5) is 0 Å². The lowest BCUT2D eigenvalue weighted by molar-refractivity contribution is -0.122. The summed E-state index contributed by atoms with van der Waals surface area (Å²) in [6, 6.07) is 13.1. The standard InChI is InChI=1S/C19H20BrNO4/c1-19(23,14-7-8-16-17(10-14)25-12-24-16)11-21-18(22)9-6-13-4-2-3-5-15(13)20/h2-5,7-8,10,23H,6,9,11-12H2,1H3,(H,21,22)/t19-/m1/s1. The minimum atomic E-state index is -1.19. The zero-order valence-corrected chi connectivity index (χ0v) is 15.5. The van der Waals surface area contributed by atoms with E-state index in [0.29, 0.717) is 29.9 Å².